The average molecular weight is 787 g/mol. The summed E-state index contributed by atoms with van der Waals surface area (Å²) in [5.74, 6) is -0.974. The number of nitrogens with zero attached hydrogens (tertiary/aromatic N) is 4. The summed E-state index contributed by atoms with van der Waals surface area (Å²) in [7, 11) is 3.51. The summed E-state index contributed by atoms with van der Waals surface area (Å²) in [5, 5.41) is 11.1. The summed E-state index contributed by atoms with van der Waals surface area (Å²) in [6.45, 7) is 5.01. The van der Waals surface area contributed by atoms with Crippen molar-refractivity contribution in [2.45, 2.75) is 70.6 Å². The third-order valence-corrected chi connectivity index (χ3v) is 11.4. The first-order valence-corrected chi connectivity index (χ1v) is 19.8. The SMILES string of the molecule is Cc1ccc(C(=O)NCCCC(=O)Nc2ccc(CNC(=O)c3ccc4n3CCN(Cc3ccc(C(=O)N(C)C)cc3)C43CCC3)cc2)cc1N1CCC(=O)NC1=O. The van der Waals surface area contributed by atoms with Gasteiger partial charge in [0.15, 0.2) is 0 Å². The van der Waals surface area contributed by atoms with E-state index in [0.29, 0.717) is 47.7 Å². The summed E-state index contributed by atoms with van der Waals surface area (Å²) < 4.78 is 2.18. The molecule has 0 radical (unpaired) electrons. The normalized spacial score (nSPS) is 15.9. The van der Waals surface area contributed by atoms with Crippen LogP contribution < -0.4 is 26.2 Å². The molecule has 1 aliphatic carbocycles. The van der Waals surface area contributed by atoms with Gasteiger partial charge in [-0.1, -0.05) is 30.3 Å². The van der Waals surface area contributed by atoms with Crippen LogP contribution in [0.4, 0.5) is 16.2 Å². The van der Waals surface area contributed by atoms with E-state index in [-0.39, 0.29) is 61.0 Å². The second kappa shape index (κ2) is 17.1. The molecule has 3 heterocycles. The van der Waals surface area contributed by atoms with E-state index in [4.69, 9.17) is 0 Å². The number of nitrogens with one attached hydrogen (secondary N) is 4. The van der Waals surface area contributed by atoms with E-state index in [2.05, 4.69) is 36.8 Å². The van der Waals surface area contributed by atoms with Crippen LogP contribution in [-0.4, -0.2) is 83.7 Å². The fraction of sp³-hybridized carbons (Fsp3) is 0.364. The Hall–Kier alpha value is -6.28. The number of aryl methyl sites for hydroxylation is 1. The van der Waals surface area contributed by atoms with Crippen molar-refractivity contribution in [1.29, 1.82) is 0 Å². The number of hydrogen-bond acceptors (Lipinski definition) is 7. The fourth-order valence-corrected chi connectivity index (χ4v) is 8.05. The molecule has 0 atom stereocenters. The zero-order chi connectivity index (χ0) is 41.0. The Morgan fingerprint density at radius 2 is 1.53 bits per heavy atom. The minimum absolute atomic E-state index is 0.0108. The number of rotatable bonds is 13. The molecule has 0 bridgehead atoms. The molecule has 3 aromatic carbocycles. The van der Waals surface area contributed by atoms with Gasteiger partial charge in [-0.15, -0.1) is 0 Å². The number of imide groups is 1. The molecule has 302 valence electrons. The molecule has 14 heteroatoms. The third kappa shape index (κ3) is 8.52. The van der Waals surface area contributed by atoms with Crippen LogP contribution in [0.3, 0.4) is 0 Å². The monoisotopic (exact) mass is 786 g/mol. The highest BCUT2D eigenvalue weighted by molar-refractivity contribution is 6.06. The van der Waals surface area contributed by atoms with Crippen molar-refractivity contribution in [3.63, 3.8) is 0 Å². The molecule has 4 aromatic rings. The predicted octanol–water partition coefficient (Wildman–Crippen LogP) is 4.92. The topological polar surface area (TPSA) is 165 Å². The molecule has 58 heavy (non-hydrogen) atoms. The molecule has 3 aliphatic rings. The van der Waals surface area contributed by atoms with Crippen molar-refractivity contribution in [2.75, 3.05) is 43.9 Å². The molecular formula is C44H50N8O6. The van der Waals surface area contributed by atoms with Gasteiger partial charge in [-0.05, 0) is 97.8 Å². The number of aromatic nitrogens is 1. The maximum atomic E-state index is 13.5. The van der Waals surface area contributed by atoms with E-state index in [1.807, 2.05) is 49.4 Å². The predicted molar refractivity (Wildman–Crippen MR) is 219 cm³/mol. The molecule has 7 rings (SSSR count). The largest absolute Gasteiger partial charge is 0.352 e. The van der Waals surface area contributed by atoms with Crippen molar-refractivity contribution >= 4 is 46.9 Å². The van der Waals surface area contributed by atoms with E-state index < -0.39 is 6.03 Å². The lowest BCUT2D eigenvalue weighted by molar-refractivity contribution is -0.120. The summed E-state index contributed by atoms with van der Waals surface area (Å²) in [5.41, 5.74) is 6.85. The van der Waals surface area contributed by atoms with Crippen molar-refractivity contribution in [1.82, 2.24) is 30.3 Å². The highest BCUT2D eigenvalue weighted by Crippen LogP contribution is 2.49. The Morgan fingerprint density at radius 3 is 2.22 bits per heavy atom. The lowest BCUT2D eigenvalue weighted by Crippen LogP contribution is -2.56. The lowest BCUT2D eigenvalue weighted by atomic mass is 9.71. The smallest absolute Gasteiger partial charge is 0.328 e. The maximum absolute atomic E-state index is 13.5. The molecular weight excluding hydrogens is 737 g/mol. The number of carbonyl (C=O) groups is 6. The molecule has 2 aliphatic heterocycles. The minimum Gasteiger partial charge on any atom is -0.352 e. The fourth-order valence-electron chi connectivity index (χ4n) is 8.05. The second-order valence-corrected chi connectivity index (χ2v) is 15.5. The van der Waals surface area contributed by atoms with E-state index in [1.165, 1.54) is 10.6 Å². The van der Waals surface area contributed by atoms with Gasteiger partial charge in [-0.2, -0.15) is 0 Å². The van der Waals surface area contributed by atoms with Crippen LogP contribution >= 0.6 is 0 Å². The number of hydrogen-bond donors (Lipinski definition) is 4. The highest BCUT2D eigenvalue weighted by atomic mass is 16.2. The van der Waals surface area contributed by atoms with Crippen molar-refractivity contribution in [2.24, 2.45) is 0 Å². The van der Waals surface area contributed by atoms with Crippen LogP contribution in [0, 0.1) is 6.92 Å². The molecule has 2 fully saturated rings. The van der Waals surface area contributed by atoms with Gasteiger partial charge >= 0.3 is 6.03 Å². The number of carbonyl (C=O) groups excluding carboxylic acids is 6. The number of amides is 7. The second-order valence-electron chi connectivity index (χ2n) is 15.5. The van der Waals surface area contributed by atoms with E-state index in [1.54, 1.807) is 49.3 Å². The molecule has 4 N–H and O–H groups in total. The zero-order valence-electron chi connectivity index (χ0n) is 33.2. The van der Waals surface area contributed by atoms with Crippen molar-refractivity contribution < 1.29 is 28.8 Å². The maximum Gasteiger partial charge on any atom is 0.328 e. The summed E-state index contributed by atoms with van der Waals surface area (Å²) in [6.07, 6.45) is 4.03. The Morgan fingerprint density at radius 1 is 0.810 bits per heavy atom. The van der Waals surface area contributed by atoms with Crippen LogP contribution in [0.1, 0.15) is 92.1 Å². The van der Waals surface area contributed by atoms with E-state index >= 15 is 0 Å². The van der Waals surface area contributed by atoms with Gasteiger partial charge in [0.1, 0.15) is 5.69 Å². The summed E-state index contributed by atoms with van der Waals surface area (Å²) in [6, 6.07) is 23.8. The Balaban J connectivity index is 0.856. The van der Waals surface area contributed by atoms with Gasteiger partial charge < -0.3 is 25.4 Å². The summed E-state index contributed by atoms with van der Waals surface area (Å²) >= 11 is 0. The van der Waals surface area contributed by atoms with Gasteiger partial charge in [0.2, 0.25) is 11.8 Å². The quantitative estimate of drug-likeness (QED) is 0.140. The molecule has 7 amide bonds. The third-order valence-electron chi connectivity index (χ3n) is 11.4. The molecule has 0 unspecified atom stereocenters. The first-order chi connectivity index (χ1) is 27.9. The van der Waals surface area contributed by atoms with Crippen LogP contribution in [0.5, 0.6) is 0 Å². The van der Waals surface area contributed by atoms with Crippen LogP contribution in [0.25, 0.3) is 0 Å². The molecule has 1 spiro atoms. The molecule has 14 nitrogen and oxygen atoms in total. The zero-order valence-corrected chi connectivity index (χ0v) is 33.2. The first-order valence-electron chi connectivity index (χ1n) is 19.8. The Kier molecular flexibility index (Phi) is 11.7. The Bertz CT molecular complexity index is 2220. The molecule has 1 saturated heterocycles. The summed E-state index contributed by atoms with van der Waals surface area (Å²) in [4.78, 5) is 80.8. The van der Waals surface area contributed by atoms with Gasteiger partial charge in [-0.25, -0.2) is 4.79 Å². The minimum atomic E-state index is -0.512. The number of benzene rings is 3. The van der Waals surface area contributed by atoms with Crippen molar-refractivity contribution in [3.05, 3.63) is 118 Å². The van der Waals surface area contributed by atoms with E-state index in [9.17, 15) is 28.8 Å². The average Bonchev–Trinajstić information content (AvgIpc) is 3.63. The van der Waals surface area contributed by atoms with Crippen LogP contribution in [-0.2, 0) is 34.8 Å². The number of fused-ring (bicyclic) bond motifs is 2. The van der Waals surface area contributed by atoms with Crippen molar-refractivity contribution in [3.8, 4) is 0 Å². The number of urea groups is 1. The molecule has 1 saturated carbocycles. The van der Waals surface area contributed by atoms with Gasteiger partial charge in [0.25, 0.3) is 17.7 Å². The van der Waals surface area contributed by atoms with Gasteiger partial charge in [-0.3, -0.25) is 39.1 Å². The first kappa shape index (κ1) is 39.9. The van der Waals surface area contributed by atoms with E-state index in [0.717, 1.165) is 49.0 Å². The van der Waals surface area contributed by atoms with Crippen LogP contribution in [0.15, 0.2) is 78.9 Å². The van der Waals surface area contributed by atoms with Gasteiger partial charge in [0.05, 0.1) is 5.54 Å². The lowest BCUT2D eigenvalue weighted by Gasteiger charge is -2.53. The van der Waals surface area contributed by atoms with Gasteiger partial charge in [0, 0.05) is 94.4 Å². The Labute approximate surface area is 337 Å². The highest BCUT2D eigenvalue weighted by Gasteiger charge is 2.48. The van der Waals surface area contributed by atoms with Crippen LogP contribution in [0.2, 0.25) is 0 Å². The number of anilines is 2. The molecule has 1 aromatic heterocycles. The standard InChI is InChI=1S/C44H50N8O6/c1-29-7-12-33(26-36(29)52-23-19-39(54)48-43(52)58)40(55)45-22-4-6-38(53)47-34-15-10-30(11-16-34)27-46-41(56)35-17-18-37-44(20-5-21-44)50(24-25-51(35)37)28-31-8-13-32(14-9-31)42(57)49(2)3/h7-18,26H,4-6,19-25,27-28H2,1-3H3,(H,45,55)(H,46,56)(H,47,53)(H,48,54,58).